The Bertz CT molecular complexity index is 623. The lowest BCUT2D eigenvalue weighted by Gasteiger charge is -2.53. The van der Waals surface area contributed by atoms with Crippen LogP contribution >= 0.6 is 0 Å². The highest BCUT2D eigenvalue weighted by molar-refractivity contribution is 6.01. The molecule has 2 saturated carbocycles. The van der Waals surface area contributed by atoms with Crippen LogP contribution in [0, 0.1) is 28.6 Å². The highest BCUT2D eigenvalue weighted by Crippen LogP contribution is 2.61. The second kappa shape index (κ2) is 4.06. The van der Waals surface area contributed by atoms with Crippen LogP contribution in [0.5, 0.6) is 0 Å². The van der Waals surface area contributed by atoms with Crippen LogP contribution in [0.3, 0.4) is 0 Å². The lowest BCUT2D eigenvalue weighted by Crippen LogP contribution is -2.48. The lowest BCUT2D eigenvalue weighted by atomic mass is 9.50. The molecule has 0 saturated heterocycles. The molecule has 0 aromatic carbocycles. The van der Waals surface area contributed by atoms with Crippen LogP contribution < -0.4 is 0 Å². The number of allylic oxidation sites excluding steroid dienone is 6. The molecule has 2 nitrogen and oxygen atoms in total. The van der Waals surface area contributed by atoms with Gasteiger partial charge >= 0.3 is 0 Å². The molecule has 0 amide bonds. The van der Waals surface area contributed by atoms with Gasteiger partial charge in [0.15, 0.2) is 5.78 Å². The van der Waals surface area contributed by atoms with Gasteiger partial charge in [-0.3, -0.25) is 9.59 Å². The quantitative estimate of drug-likeness (QED) is 0.680. The first-order valence-electron chi connectivity index (χ1n) is 8.12. The molecule has 0 unspecified atom stereocenters. The zero-order valence-electron chi connectivity index (χ0n) is 12.8. The van der Waals surface area contributed by atoms with E-state index in [1.54, 1.807) is 12.2 Å². The van der Waals surface area contributed by atoms with E-state index in [1.165, 1.54) is 0 Å². The summed E-state index contributed by atoms with van der Waals surface area (Å²) in [7, 11) is 0. The van der Waals surface area contributed by atoms with Gasteiger partial charge in [0.2, 0.25) is 0 Å². The maximum Gasteiger partial charge on any atom is 0.178 e. The van der Waals surface area contributed by atoms with E-state index in [0.29, 0.717) is 23.5 Å². The minimum Gasteiger partial charge on any atom is -0.299 e. The fourth-order valence-corrected chi connectivity index (χ4v) is 5.42. The third kappa shape index (κ3) is 1.59. The van der Waals surface area contributed by atoms with Crippen LogP contribution in [0.15, 0.2) is 36.0 Å². The average Bonchev–Trinajstić information content (AvgIpc) is 2.76. The van der Waals surface area contributed by atoms with Crippen molar-refractivity contribution in [1.29, 1.82) is 0 Å². The second-order valence-corrected chi connectivity index (χ2v) is 7.69. The van der Waals surface area contributed by atoms with Crippen LogP contribution in [0.4, 0.5) is 0 Å². The summed E-state index contributed by atoms with van der Waals surface area (Å²) >= 11 is 0. The van der Waals surface area contributed by atoms with E-state index >= 15 is 0 Å². The molecule has 4 aliphatic rings. The molecule has 2 fully saturated rings. The summed E-state index contributed by atoms with van der Waals surface area (Å²) < 4.78 is 0. The number of Topliss-reactive ketones (excluding diaryl/α,β-unsaturated/α-hetero) is 1. The first kappa shape index (κ1) is 13.2. The Morgan fingerprint density at radius 2 is 1.90 bits per heavy atom. The van der Waals surface area contributed by atoms with Gasteiger partial charge in [0, 0.05) is 17.3 Å². The van der Waals surface area contributed by atoms with Crippen LogP contribution in [-0.2, 0) is 9.59 Å². The summed E-state index contributed by atoms with van der Waals surface area (Å²) in [6, 6.07) is 0. The van der Waals surface area contributed by atoms with Crippen molar-refractivity contribution in [3.63, 3.8) is 0 Å². The van der Waals surface area contributed by atoms with Gasteiger partial charge in [-0.05, 0) is 54.7 Å². The standard InChI is InChI=1S/C19H22O2/c1-18-9-7-13(20)11-12(18)3-4-14-15-5-6-17(21)19(15,2)10-8-16(14)18/h3-4,7,9,11,14-16H,5-6,8,10H2,1-2H3/t14-,15-,16+,18-,19-/m0/s1. The number of hydrogen-bond acceptors (Lipinski definition) is 2. The van der Waals surface area contributed by atoms with Gasteiger partial charge < -0.3 is 0 Å². The molecule has 0 aromatic rings. The summed E-state index contributed by atoms with van der Waals surface area (Å²) in [5.74, 6) is 2.07. The molecule has 0 aromatic heterocycles. The molecule has 0 radical (unpaired) electrons. The maximum atomic E-state index is 12.3. The third-order valence-corrected chi connectivity index (χ3v) is 6.82. The van der Waals surface area contributed by atoms with Gasteiger partial charge in [-0.1, -0.05) is 32.1 Å². The van der Waals surface area contributed by atoms with Gasteiger partial charge in [0.25, 0.3) is 0 Å². The number of hydrogen-bond donors (Lipinski definition) is 0. The van der Waals surface area contributed by atoms with Crippen LogP contribution in [0.1, 0.15) is 39.5 Å². The van der Waals surface area contributed by atoms with Crippen LogP contribution in [0.25, 0.3) is 0 Å². The van der Waals surface area contributed by atoms with Crippen molar-refractivity contribution in [3.8, 4) is 0 Å². The monoisotopic (exact) mass is 282 g/mol. The van der Waals surface area contributed by atoms with E-state index < -0.39 is 0 Å². The Labute approximate surface area is 126 Å². The molecule has 0 heterocycles. The Kier molecular flexibility index (Phi) is 2.56. The fourth-order valence-electron chi connectivity index (χ4n) is 5.42. The van der Waals surface area contributed by atoms with Crippen LogP contribution in [-0.4, -0.2) is 11.6 Å². The lowest BCUT2D eigenvalue weighted by molar-refractivity contribution is -0.130. The van der Waals surface area contributed by atoms with Crippen molar-refractivity contribution < 1.29 is 9.59 Å². The predicted octanol–water partition coefficient (Wildman–Crippen LogP) is 3.64. The predicted molar refractivity (Wildman–Crippen MR) is 81.5 cm³/mol. The topological polar surface area (TPSA) is 34.1 Å². The molecule has 0 spiro atoms. The van der Waals surface area contributed by atoms with E-state index in [1.807, 2.05) is 0 Å². The number of fused-ring (bicyclic) bond motifs is 5. The smallest absolute Gasteiger partial charge is 0.178 e. The summed E-state index contributed by atoms with van der Waals surface area (Å²) in [6.45, 7) is 4.45. The van der Waals surface area contributed by atoms with E-state index in [-0.39, 0.29) is 16.6 Å². The molecular formula is C19H22O2. The van der Waals surface area contributed by atoms with Gasteiger partial charge in [-0.15, -0.1) is 0 Å². The highest BCUT2D eigenvalue weighted by atomic mass is 16.1. The summed E-state index contributed by atoms with van der Waals surface area (Å²) in [5.41, 5.74) is 1.03. The molecule has 110 valence electrons. The van der Waals surface area contributed by atoms with Gasteiger partial charge in [-0.25, -0.2) is 0 Å². The molecule has 5 atom stereocenters. The van der Waals surface area contributed by atoms with Crippen molar-refractivity contribution in [1.82, 2.24) is 0 Å². The van der Waals surface area contributed by atoms with Crippen molar-refractivity contribution in [2.45, 2.75) is 39.5 Å². The average molecular weight is 282 g/mol. The van der Waals surface area contributed by atoms with Gasteiger partial charge in [0.05, 0.1) is 0 Å². The molecular weight excluding hydrogens is 260 g/mol. The maximum absolute atomic E-state index is 12.3. The second-order valence-electron chi connectivity index (χ2n) is 7.69. The van der Waals surface area contributed by atoms with Gasteiger partial charge in [-0.2, -0.15) is 0 Å². The summed E-state index contributed by atoms with van der Waals surface area (Å²) in [6.07, 6.45) is 14.0. The zero-order chi connectivity index (χ0) is 14.8. The van der Waals surface area contributed by atoms with Gasteiger partial charge in [0.1, 0.15) is 5.78 Å². The van der Waals surface area contributed by atoms with E-state index in [9.17, 15) is 9.59 Å². The summed E-state index contributed by atoms with van der Waals surface area (Å²) in [4.78, 5) is 24.0. The van der Waals surface area contributed by atoms with Crippen molar-refractivity contribution in [2.75, 3.05) is 0 Å². The van der Waals surface area contributed by atoms with E-state index in [0.717, 1.165) is 31.3 Å². The minimum atomic E-state index is -0.0999. The van der Waals surface area contributed by atoms with Crippen molar-refractivity contribution >= 4 is 11.6 Å². The first-order valence-corrected chi connectivity index (χ1v) is 8.12. The van der Waals surface area contributed by atoms with Crippen molar-refractivity contribution in [2.24, 2.45) is 28.6 Å². The number of carbonyl (C=O) groups is 2. The van der Waals surface area contributed by atoms with Crippen molar-refractivity contribution in [3.05, 3.63) is 36.0 Å². The molecule has 4 rings (SSSR count). The highest BCUT2D eigenvalue weighted by Gasteiger charge is 2.57. The van der Waals surface area contributed by atoms with Crippen LogP contribution in [0.2, 0.25) is 0 Å². The SMILES string of the molecule is C[C@]12C=CC(=O)C=C1C=C[C@@H]1[C@H]2CC[C@]2(C)C(=O)CC[C@@H]12. The number of ketones is 2. The molecule has 2 heteroatoms. The molecule has 0 N–H and O–H groups in total. The number of carbonyl (C=O) groups excluding carboxylic acids is 2. The number of rotatable bonds is 0. The molecule has 0 aliphatic heterocycles. The minimum absolute atomic E-state index is 0.0275. The normalized spacial score (nSPS) is 47.7. The summed E-state index contributed by atoms with van der Waals surface area (Å²) in [5, 5.41) is 0. The van der Waals surface area contributed by atoms with E-state index in [4.69, 9.17) is 0 Å². The fraction of sp³-hybridized carbons (Fsp3) is 0.579. The first-order chi connectivity index (χ1) is 9.95. The largest absolute Gasteiger partial charge is 0.299 e. The zero-order valence-corrected chi connectivity index (χ0v) is 12.8. The Morgan fingerprint density at radius 3 is 2.71 bits per heavy atom. The van der Waals surface area contributed by atoms with E-state index in [2.05, 4.69) is 32.1 Å². The Balaban J connectivity index is 1.78. The molecule has 0 bridgehead atoms. The molecule has 4 aliphatic carbocycles. The third-order valence-electron chi connectivity index (χ3n) is 6.82. The molecule has 21 heavy (non-hydrogen) atoms. The Morgan fingerprint density at radius 1 is 1.10 bits per heavy atom. The Hall–Kier alpha value is -1.44.